The first-order valence-electron chi connectivity index (χ1n) is 7.69. The van der Waals surface area contributed by atoms with Crippen LogP contribution in [0, 0.1) is 0 Å². The number of rotatable bonds is 6. The minimum absolute atomic E-state index is 0.262. The van der Waals surface area contributed by atoms with Gasteiger partial charge in [-0.1, -0.05) is 24.3 Å². The van der Waals surface area contributed by atoms with Crippen molar-refractivity contribution >= 4 is 5.57 Å². The number of epoxide rings is 1. The van der Waals surface area contributed by atoms with Crippen LogP contribution in [0.5, 0.6) is 17.2 Å². The molecule has 2 aromatic carbocycles. The lowest BCUT2D eigenvalue weighted by Crippen LogP contribution is -2.03. The molecule has 0 N–H and O–H groups in total. The van der Waals surface area contributed by atoms with Crippen LogP contribution in [0.2, 0.25) is 0 Å². The monoisotopic (exact) mass is 294 g/mol. The van der Waals surface area contributed by atoms with Crippen LogP contribution in [0.3, 0.4) is 0 Å². The third-order valence-corrected chi connectivity index (χ3v) is 3.91. The number of ether oxygens (including phenoxy) is 3. The maximum atomic E-state index is 5.90. The summed E-state index contributed by atoms with van der Waals surface area (Å²) in [6.07, 6.45) is 4.93. The highest BCUT2D eigenvalue weighted by Gasteiger charge is 2.23. The van der Waals surface area contributed by atoms with Gasteiger partial charge in [0.15, 0.2) is 0 Å². The third-order valence-electron chi connectivity index (χ3n) is 3.91. The second-order valence-electron chi connectivity index (χ2n) is 5.64. The SMILES string of the molecule is C1=C(c2ccc(Oc3cccc(OCC4CO4)c3)cc2)CC1. The maximum absolute atomic E-state index is 5.90. The molecule has 1 saturated heterocycles. The summed E-state index contributed by atoms with van der Waals surface area (Å²) in [4.78, 5) is 0. The van der Waals surface area contributed by atoms with Gasteiger partial charge in [-0.3, -0.25) is 0 Å². The van der Waals surface area contributed by atoms with Gasteiger partial charge >= 0.3 is 0 Å². The Bertz CT molecular complexity index is 684. The largest absolute Gasteiger partial charge is 0.491 e. The molecular formula is C19H18O3. The zero-order valence-electron chi connectivity index (χ0n) is 12.3. The molecule has 1 heterocycles. The fraction of sp³-hybridized carbons (Fsp3) is 0.263. The van der Waals surface area contributed by atoms with Gasteiger partial charge in [0.05, 0.1) is 6.61 Å². The lowest BCUT2D eigenvalue weighted by Gasteiger charge is -2.15. The molecular weight excluding hydrogens is 276 g/mol. The molecule has 0 saturated carbocycles. The fourth-order valence-electron chi connectivity index (χ4n) is 2.40. The molecule has 1 unspecified atom stereocenters. The first-order chi connectivity index (χ1) is 10.9. The molecule has 0 amide bonds. The van der Waals surface area contributed by atoms with Crippen molar-refractivity contribution in [1.82, 2.24) is 0 Å². The summed E-state index contributed by atoms with van der Waals surface area (Å²) >= 11 is 0. The van der Waals surface area contributed by atoms with Crippen molar-refractivity contribution in [3.63, 3.8) is 0 Å². The summed E-state index contributed by atoms with van der Waals surface area (Å²) in [6, 6.07) is 16.0. The van der Waals surface area contributed by atoms with E-state index in [1.54, 1.807) is 0 Å². The number of benzene rings is 2. The van der Waals surface area contributed by atoms with Crippen LogP contribution in [0.1, 0.15) is 18.4 Å². The Balaban J connectivity index is 1.42. The minimum Gasteiger partial charge on any atom is -0.491 e. The van der Waals surface area contributed by atoms with E-state index in [-0.39, 0.29) is 6.10 Å². The van der Waals surface area contributed by atoms with Crippen molar-refractivity contribution in [2.75, 3.05) is 13.2 Å². The summed E-state index contributed by atoms with van der Waals surface area (Å²) in [5.74, 6) is 2.43. The average molecular weight is 294 g/mol. The second kappa shape index (κ2) is 5.85. The van der Waals surface area contributed by atoms with Gasteiger partial charge in [0.1, 0.15) is 30.0 Å². The topological polar surface area (TPSA) is 31.0 Å². The van der Waals surface area contributed by atoms with Gasteiger partial charge in [-0.25, -0.2) is 0 Å². The summed E-state index contributed by atoms with van der Waals surface area (Å²) in [6.45, 7) is 1.41. The predicted octanol–water partition coefficient (Wildman–Crippen LogP) is 4.43. The van der Waals surface area contributed by atoms with Gasteiger partial charge in [-0.15, -0.1) is 0 Å². The van der Waals surface area contributed by atoms with Gasteiger partial charge < -0.3 is 14.2 Å². The van der Waals surface area contributed by atoms with Crippen LogP contribution >= 0.6 is 0 Å². The summed E-state index contributed by atoms with van der Waals surface area (Å²) in [5, 5.41) is 0. The summed E-state index contributed by atoms with van der Waals surface area (Å²) in [5.41, 5.74) is 2.73. The Morgan fingerprint density at radius 2 is 1.77 bits per heavy atom. The standard InChI is InChI=1S/C19H18O3/c1-3-14(4-1)15-7-9-16(10-8-15)22-18-6-2-5-17(11-18)20-12-19-13-21-19/h2-3,5-11,19H,1,4,12-13H2. The molecule has 1 atom stereocenters. The molecule has 2 aromatic rings. The van der Waals surface area contributed by atoms with E-state index in [2.05, 4.69) is 18.2 Å². The molecule has 0 spiro atoms. The molecule has 4 rings (SSSR count). The molecule has 3 heteroatoms. The van der Waals surface area contributed by atoms with Crippen molar-refractivity contribution in [3.05, 3.63) is 60.2 Å². The van der Waals surface area contributed by atoms with Crippen LogP contribution < -0.4 is 9.47 Å². The van der Waals surface area contributed by atoms with E-state index < -0.39 is 0 Å². The molecule has 112 valence electrons. The Labute approximate surface area is 130 Å². The van der Waals surface area contributed by atoms with Crippen LogP contribution in [0.4, 0.5) is 0 Å². The molecule has 2 aliphatic rings. The lowest BCUT2D eigenvalue weighted by atomic mass is 9.92. The number of hydrogen-bond donors (Lipinski definition) is 0. The Hall–Kier alpha value is -2.26. The first kappa shape index (κ1) is 13.4. The highest BCUT2D eigenvalue weighted by molar-refractivity contribution is 5.70. The van der Waals surface area contributed by atoms with Crippen LogP contribution in [0.15, 0.2) is 54.6 Å². The normalized spacial score (nSPS) is 19.1. The second-order valence-corrected chi connectivity index (χ2v) is 5.64. The lowest BCUT2D eigenvalue weighted by molar-refractivity contribution is 0.262. The quantitative estimate of drug-likeness (QED) is 0.738. The van der Waals surface area contributed by atoms with E-state index in [0.29, 0.717) is 6.61 Å². The number of allylic oxidation sites excluding steroid dienone is 2. The zero-order chi connectivity index (χ0) is 14.8. The third kappa shape index (κ3) is 3.15. The van der Waals surface area contributed by atoms with E-state index in [0.717, 1.165) is 23.9 Å². The van der Waals surface area contributed by atoms with Gasteiger partial charge in [0, 0.05) is 6.07 Å². The molecule has 3 nitrogen and oxygen atoms in total. The van der Waals surface area contributed by atoms with E-state index in [1.165, 1.54) is 24.0 Å². The highest BCUT2D eigenvalue weighted by atomic mass is 16.6. The van der Waals surface area contributed by atoms with Crippen molar-refractivity contribution in [2.24, 2.45) is 0 Å². The van der Waals surface area contributed by atoms with Crippen molar-refractivity contribution in [1.29, 1.82) is 0 Å². The van der Waals surface area contributed by atoms with Crippen LogP contribution in [-0.2, 0) is 4.74 Å². The Kier molecular flexibility index (Phi) is 3.57. The highest BCUT2D eigenvalue weighted by Crippen LogP contribution is 2.31. The van der Waals surface area contributed by atoms with E-state index in [1.807, 2.05) is 36.4 Å². The Morgan fingerprint density at radius 1 is 1.00 bits per heavy atom. The van der Waals surface area contributed by atoms with Gasteiger partial charge in [0.2, 0.25) is 0 Å². The predicted molar refractivity (Wildman–Crippen MR) is 85.4 cm³/mol. The molecule has 1 aliphatic carbocycles. The van der Waals surface area contributed by atoms with E-state index in [4.69, 9.17) is 14.2 Å². The molecule has 1 fully saturated rings. The molecule has 0 bridgehead atoms. The van der Waals surface area contributed by atoms with Crippen molar-refractivity contribution in [3.8, 4) is 17.2 Å². The van der Waals surface area contributed by atoms with E-state index >= 15 is 0 Å². The van der Waals surface area contributed by atoms with Crippen LogP contribution in [-0.4, -0.2) is 19.3 Å². The fourth-order valence-corrected chi connectivity index (χ4v) is 2.40. The van der Waals surface area contributed by atoms with E-state index in [9.17, 15) is 0 Å². The molecule has 22 heavy (non-hydrogen) atoms. The molecule has 0 aromatic heterocycles. The van der Waals surface area contributed by atoms with Gasteiger partial charge in [0.25, 0.3) is 0 Å². The zero-order valence-corrected chi connectivity index (χ0v) is 12.3. The van der Waals surface area contributed by atoms with Crippen molar-refractivity contribution < 1.29 is 14.2 Å². The van der Waals surface area contributed by atoms with Crippen molar-refractivity contribution in [2.45, 2.75) is 18.9 Å². The first-order valence-corrected chi connectivity index (χ1v) is 7.69. The summed E-state index contributed by atoms with van der Waals surface area (Å²) in [7, 11) is 0. The van der Waals surface area contributed by atoms with Crippen LogP contribution in [0.25, 0.3) is 5.57 Å². The van der Waals surface area contributed by atoms with Gasteiger partial charge in [-0.2, -0.15) is 0 Å². The average Bonchev–Trinajstić information content (AvgIpc) is 3.30. The summed E-state index contributed by atoms with van der Waals surface area (Å²) < 4.78 is 16.7. The smallest absolute Gasteiger partial charge is 0.131 e. The number of hydrogen-bond acceptors (Lipinski definition) is 3. The molecule has 1 aliphatic heterocycles. The minimum atomic E-state index is 0.262. The van der Waals surface area contributed by atoms with Gasteiger partial charge in [-0.05, 0) is 48.2 Å². The molecule has 0 radical (unpaired) electrons. The maximum Gasteiger partial charge on any atom is 0.131 e. The Morgan fingerprint density at radius 3 is 2.45 bits per heavy atom.